The molecule has 0 aliphatic heterocycles. The number of anilines is 1. The molecule has 0 spiro atoms. The number of nitrogens with two attached hydrogens (primary N) is 1. The Hall–Kier alpha value is -0.900. The van der Waals surface area contributed by atoms with E-state index in [4.69, 9.17) is 17.3 Å². The summed E-state index contributed by atoms with van der Waals surface area (Å²) in [6.07, 6.45) is 0. The molecule has 5 heteroatoms. The van der Waals surface area contributed by atoms with Gasteiger partial charge in [-0.1, -0.05) is 11.6 Å². The van der Waals surface area contributed by atoms with Gasteiger partial charge in [0.05, 0.1) is 11.4 Å². The molecule has 60 valence electrons. The topological polar surface area (TPSA) is 51.8 Å². The number of rotatable bonds is 1. The number of nitrogens with zero attached hydrogens (tertiary/aromatic N) is 2. The predicted molar refractivity (Wildman–Crippen MR) is 41.0 cm³/mol. The second-order valence-electron chi connectivity index (χ2n) is 2.06. The molecule has 0 aliphatic rings. The average molecular weight is 176 g/mol. The number of hydrogen-bond acceptors (Lipinski definition) is 3. The quantitative estimate of drug-likeness (QED) is 0.658. The van der Waals surface area contributed by atoms with Crippen LogP contribution in [0, 0.1) is 6.92 Å². The Morgan fingerprint density at radius 2 is 2.18 bits per heavy atom. The number of aromatic nitrogens is 2. The van der Waals surface area contributed by atoms with Crippen molar-refractivity contribution in [1.82, 2.24) is 9.97 Å². The van der Waals surface area contributed by atoms with Crippen LogP contribution in [0.1, 0.15) is 11.5 Å². The maximum atomic E-state index is 12.1. The van der Waals surface area contributed by atoms with Crippen molar-refractivity contribution in [1.29, 1.82) is 0 Å². The lowest BCUT2D eigenvalue weighted by Gasteiger charge is -2.02. The molecule has 1 aromatic heterocycles. The van der Waals surface area contributed by atoms with Gasteiger partial charge in [-0.05, 0) is 6.92 Å². The standard InChI is InChI=1S/C6H7ClFN3/c1-3-10-4(2-8)5(9)6(7)11-3/h2,9H2,1H3. The molecule has 0 aliphatic carbocycles. The zero-order valence-electron chi connectivity index (χ0n) is 5.93. The Kier molecular flexibility index (Phi) is 2.24. The second-order valence-corrected chi connectivity index (χ2v) is 2.41. The van der Waals surface area contributed by atoms with E-state index in [1.807, 2.05) is 0 Å². The van der Waals surface area contributed by atoms with Crippen LogP contribution in [-0.4, -0.2) is 9.97 Å². The number of halogens is 2. The summed E-state index contributed by atoms with van der Waals surface area (Å²) in [6.45, 7) is 0.916. The first-order valence-electron chi connectivity index (χ1n) is 2.99. The van der Waals surface area contributed by atoms with Crippen molar-refractivity contribution in [3.8, 4) is 0 Å². The lowest BCUT2D eigenvalue weighted by atomic mass is 10.4. The molecule has 0 saturated carbocycles. The maximum Gasteiger partial charge on any atom is 0.156 e. The van der Waals surface area contributed by atoms with Crippen LogP contribution in [0.5, 0.6) is 0 Å². The van der Waals surface area contributed by atoms with Gasteiger partial charge in [-0.25, -0.2) is 14.4 Å². The first-order chi connectivity index (χ1) is 5.15. The van der Waals surface area contributed by atoms with Crippen LogP contribution in [0.25, 0.3) is 0 Å². The molecular formula is C6H7ClFN3. The van der Waals surface area contributed by atoms with Gasteiger partial charge in [0.2, 0.25) is 0 Å². The van der Waals surface area contributed by atoms with Crippen molar-refractivity contribution in [3.63, 3.8) is 0 Å². The van der Waals surface area contributed by atoms with Crippen molar-refractivity contribution in [3.05, 3.63) is 16.7 Å². The number of alkyl halides is 1. The first-order valence-corrected chi connectivity index (χ1v) is 3.37. The van der Waals surface area contributed by atoms with E-state index in [9.17, 15) is 4.39 Å². The summed E-state index contributed by atoms with van der Waals surface area (Å²) >= 11 is 5.56. The Balaban J connectivity index is 3.24. The summed E-state index contributed by atoms with van der Waals surface area (Å²) in [4.78, 5) is 7.50. The monoisotopic (exact) mass is 175 g/mol. The van der Waals surface area contributed by atoms with Crippen LogP contribution in [0.2, 0.25) is 5.15 Å². The summed E-state index contributed by atoms with van der Waals surface area (Å²) in [5, 5.41) is 0.116. The second kappa shape index (κ2) is 3.00. The van der Waals surface area contributed by atoms with Gasteiger partial charge in [0.1, 0.15) is 12.5 Å². The third kappa shape index (κ3) is 1.57. The Bertz CT molecular complexity index is 277. The highest BCUT2D eigenvalue weighted by molar-refractivity contribution is 6.31. The normalized spacial score (nSPS) is 10.1. The molecule has 0 fully saturated rings. The van der Waals surface area contributed by atoms with E-state index in [1.165, 1.54) is 0 Å². The summed E-state index contributed by atoms with van der Waals surface area (Å²) in [7, 11) is 0. The summed E-state index contributed by atoms with van der Waals surface area (Å²) < 4.78 is 12.1. The van der Waals surface area contributed by atoms with Gasteiger partial charge < -0.3 is 5.73 Å². The van der Waals surface area contributed by atoms with E-state index in [2.05, 4.69) is 9.97 Å². The Morgan fingerprint density at radius 1 is 1.55 bits per heavy atom. The fourth-order valence-corrected chi connectivity index (χ4v) is 0.935. The summed E-state index contributed by atoms with van der Waals surface area (Å²) in [5.74, 6) is 0.428. The van der Waals surface area contributed by atoms with Gasteiger partial charge in [-0.3, -0.25) is 0 Å². The van der Waals surface area contributed by atoms with Crippen LogP contribution in [-0.2, 0) is 6.67 Å². The van der Waals surface area contributed by atoms with Gasteiger partial charge in [-0.2, -0.15) is 0 Å². The van der Waals surface area contributed by atoms with E-state index in [-0.39, 0.29) is 16.5 Å². The molecule has 2 N–H and O–H groups in total. The molecular weight excluding hydrogens is 169 g/mol. The molecule has 1 rings (SSSR count). The SMILES string of the molecule is Cc1nc(Cl)c(N)c(CF)n1. The maximum absolute atomic E-state index is 12.1. The first kappa shape index (κ1) is 8.20. The molecule has 0 radical (unpaired) electrons. The van der Waals surface area contributed by atoms with Gasteiger partial charge >= 0.3 is 0 Å². The number of hydrogen-bond donors (Lipinski definition) is 1. The fourth-order valence-electron chi connectivity index (χ4n) is 0.704. The van der Waals surface area contributed by atoms with E-state index < -0.39 is 6.67 Å². The molecule has 0 aromatic carbocycles. The molecule has 0 unspecified atom stereocenters. The lowest BCUT2D eigenvalue weighted by Crippen LogP contribution is -2.01. The van der Waals surface area contributed by atoms with Crippen molar-refractivity contribution in [2.45, 2.75) is 13.6 Å². The molecule has 1 heterocycles. The van der Waals surface area contributed by atoms with E-state index in [1.54, 1.807) is 6.92 Å². The Labute approximate surface area is 68.4 Å². The third-order valence-electron chi connectivity index (χ3n) is 1.22. The van der Waals surface area contributed by atoms with E-state index in [0.717, 1.165) is 0 Å². The molecule has 1 aromatic rings. The largest absolute Gasteiger partial charge is 0.395 e. The van der Waals surface area contributed by atoms with Crippen LogP contribution < -0.4 is 5.73 Å². The molecule has 0 saturated heterocycles. The van der Waals surface area contributed by atoms with Gasteiger partial charge in [-0.15, -0.1) is 0 Å². The minimum atomic E-state index is -0.713. The van der Waals surface area contributed by atoms with Crippen molar-refractivity contribution in [2.24, 2.45) is 0 Å². The minimum Gasteiger partial charge on any atom is -0.395 e. The lowest BCUT2D eigenvalue weighted by molar-refractivity contribution is 0.476. The zero-order valence-corrected chi connectivity index (χ0v) is 6.69. The van der Waals surface area contributed by atoms with Gasteiger partial charge in [0.25, 0.3) is 0 Å². The van der Waals surface area contributed by atoms with Crippen LogP contribution in [0.15, 0.2) is 0 Å². The summed E-state index contributed by atoms with van der Waals surface area (Å²) in [6, 6.07) is 0. The van der Waals surface area contributed by atoms with Crippen LogP contribution >= 0.6 is 11.6 Å². The van der Waals surface area contributed by atoms with Gasteiger partial charge in [0.15, 0.2) is 5.15 Å². The highest BCUT2D eigenvalue weighted by atomic mass is 35.5. The number of nitrogen functional groups attached to an aromatic ring is 1. The van der Waals surface area contributed by atoms with Crippen molar-refractivity contribution in [2.75, 3.05) is 5.73 Å². The molecule has 0 amide bonds. The molecule has 0 atom stereocenters. The smallest absolute Gasteiger partial charge is 0.156 e. The van der Waals surface area contributed by atoms with E-state index in [0.29, 0.717) is 5.82 Å². The van der Waals surface area contributed by atoms with Gasteiger partial charge in [0, 0.05) is 0 Å². The Morgan fingerprint density at radius 3 is 2.73 bits per heavy atom. The third-order valence-corrected chi connectivity index (χ3v) is 1.50. The van der Waals surface area contributed by atoms with E-state index >= 15 is 0 Å². The summed E-state index contributed by atoms with van der Waals surface area (Å²) in [5.41, 5.74) is 5.64. The predicted octanol–water partition coefficient (Wildman–Crippen LogP) is 1.49. The van der Waals surface area contributed by atoms with Crippen molar-refractivity contribution < 1.29 is 4.39 Å². The zero-order chi connectivity index (χ0) is 8.43. The van der Waals surface area contributed by atoms with Crippen LogP contribution in [0.4, 0.5) is 10.1 Å². The minimum absolute atomic E-state index is 0.116. The van der Waals surface area contributed by atoms with Crippen LogP contribution in [0.3, 0.4) is 0 Å². The molecule has 0 bridgehead atoms. The van der Waals surface area contributed by atoms with Crippen molar-refractivity contribution >= 4 is 17.3 Å². The number of aryl methyl sites for hydroxylation is 1. The fraction of sp³-hybridized carbons (Fsp3) is 0.333. The highest BCUT2D eigenvalue weighted by Crippen LogP contribution is 2.19. The highest BCUT2D eigenvalue weighted by Gasteiger charge is 2.06. The molecule has 3 nitrogen and oxygen atoms in total. The average Bonchev–Trinajstić information content (AvgIpc) is 1.96. The molecule has 11 heavy (non-hydrogen) atoms.